The molecule has 0 radical (unpaired) electrons. The van der Waals surface area contributed by atoms with Gasteiger partial charge in [-0.25, -0.2) is 18.4 Å². The summed E-state index contributed by atoms with van der Waals surface area (Å²) in [5.41, 5.74) is 3.26. The number of furan rings is 1. The molecule has 1 aliphatic rings. The van der Waals surface area contributed by atoms with Crippen molar-refractivity contribution in [3.05, 3.63) is 54.9 Å². The average Bonchev–Trinajstić information content (AvgIpc) is 3.30. The molecule has 37 heavy (non-hydrogen) atoms. The normalized spacial score (nSPS) is 18.0. The molecule has 0 saturated heterocycles. The Kier molecular flexibility index (Phi) is 7.06. The maximum atomic E-state index is 11.7. The van der Waals surface area contributed by atoms with Gasteiger partial charge in [-0.05, 0) is 73.6 Å². The third kappa shape index (κ3) is 5.56. The first-order valence-corrected chi connectivity index (χ1v) is 14.4. The first-order valence-electron chi connectivity index (χ1n) is 12.3. The van der Waals surface area contributed by atoms with Crippen molar-refractivity contribution >= 4 is 26.8 Å². The third-order valence-corrected chi connectivity index (χ3v) is 8.02. The van der Waals surface area contributed by atoms with Gasteiger partial charge in [-0.3, -0.25) is 0 Å². The maximum absolute atomic E-state index is 11.7. The zero-order chi connectivity index (χ0) is 26.0. The first-order chi connectivity index (χ1) is 17.8. The second kappa shape index (κ2) is 10.4. The summed E-state index contributed by atoms with van der Waals surface area (Å²) in [6.07, 6.45) is 6.33. The maximum Gasteiger partial charge on any atom is 0.232 e. The molecule has 0 unspecified atom stereocenters. The Balaban J connectivity index is 1.53. The smallest absolute Gasteiger partial charge is 0.232 e. The summed E-state index contributed by atoms with van der Waals surface area (Å²) in [5, 5.41) is 4.43. The lowest BCUT2D eigenvalue weighted by Crippen LogP contribution is -2.29. The molecule has 0 amide bonds. The number of nitrogens with zero attached hydrogens (tertiary/aromatic N) is 2. The largest absolute Gasteiger partial charge is 0.497 e. The van der Waals surface area contributed by atoms with Gasteiger partial charge in [-0.15, -0.1) is 0 Å². The molecule has 1 saturated carbocycles. The number of nitrogens with one attached hydrogen (secondary N) is 1. The van der Waals surface area contributed by atoms with Gasteiger partial charge < -0.3 is 19.2 Å². The van der Waals surface area contributed by atoms with E-state index in [-0.39, 0.29) is 17.7 Å². The number of rotatable bonds is 8. The van der Waals surface area contributed by atoms with Crippen LogP contribution in [-0.4, -0.2) is 50.7 Å². The van der Waals surface area contributed by atoms with Crippen LogP contribution >= 0.6 is 0 Å². The van der Waals surface area contributed by atoms with Crippen molar-refractivity contribution in [2.45, 2.75) is 31.7 Å². The number of ether oxygens (including phenoxy) is 2. The van der Waals surface area contributed by atoms with Crippen molar-refractivity contribution in [2.24, 2.45) is 5.92 Å². The van der Waals surface area contributed by atoms with E-state index in [0.29, 0.717) is 17.3 Å². The van der Waals surface area contributed by atoms with Crippen molar-refractivity contribution in [1.82, 2.24) is 9.97 Å². The lowest BCUT2D eigenvalue weighted by molar-refractivity contribution is 0.361. The SMILES string of the molecule is COc1ccc(-c2oc3ncnc(NC4CCC(CS(C)(=O)=O)CC4)c3c2-c2ccc(OC)cc2)cc1. The van der Waals surface area contributed by atoms with E-state index in [1.54, 1.807) is 14.2 Å². The molecule has 1 aliphatic carbocycles. The molecule has 0 atom stereocenters. The number of anilines is 1. The lowest BCUT2D eigenvalue weighted by Gasteiger charge is -2.29. The highest BCUT2D eigenvalue weighted by Gasteiger charge is 2.27. The van der Waals surface area contributed by atoms with Crippen molar-refractivity contribution in [2.75, 3.05) is 31.5 Å². The molecular weight excluding hydrogens is 490 g/mol. The summed E-state index contributed by atoms with van der Waals surface area (Å²) in [4.78, 5) is 9.06. The summed E-state index contributed by atoms with van der Waals surface area (Å²) in [7, 11) is 0.316. The molecule has 0 spiro atoms. The van der Waals surface area contributed by atoms with Gasteiger partial charge in [0.05, 0.1) is 25.4 Å². The van der Waals surface area contributed by atoms with E-state index in [1.165, 1.54) is 12.6 Å². The Labute approximate surface area is 217 Å². The number of sulfone groups is 1. The molecule has 2 heterocycles. The zero-order valence-corrected chi connectivity index (χ0v) is 22.0. The molecule has 0 aliphatic heterocycles. The van der Waals surface area contributed by atoms with Gasteiger partial charge in [0.1, 0.15) is 39.2 Å². The van der Waals surface area contributed by atoms with Crippen LogP contribution in [0.25, 0.3) is 33.6 Å². The highest BCUT2D eigenvalue weighted by atomic mass is 32.2. The Morgan fingerprint density at radius 1 is 0.892 bits per heavy atom. The number of aromatic nitrogens is 2. The molecule has 2 aromatic heterocycles. The highest BCUT2D eigenvalue weighted by Crippen LogP contribution is 2.43. The predicted octanol–water partition coefficient (Wildman–Crippen LogP) is 5.59. The molecule has 9 heteroatoms. The topological polar surface area (TPSA) is 104 Å². The van der Waals surface area contributed by atoms with E-state index < -0.39 is 9.84 Å². The minimum atomic E-state index is -2.97. The zero-order valence-electron chi connectivity index (χ0n) is 21.2. The summed E-state index contributed by atoms with van der Waals surface area (Å²) in [6, 6.07) is 15.8. The number of hydrogen-bond donors (Lipinski definition) is 1. The van der Waals surface area contributed by atoms with E-state index in [0.717, 1.165) is 59.3 Å². The van der Waals surface area contributed by atoms with Crippen LogP contribution in [0.2, 0.25) is 0 Å². The number of fused-ring (bicyclic) bond motifs is 1. The van der Waals surface area contributed by atoms with Crippen molar-refractivity contribution in [1.29, 1.82) is 0 Å². The first kappa shape index (κ1) is 25.1. The number of methoxy groups -OCH3 is 2. The lowest BCUT2D eigenvalue weighted by atomic mass is 9.87. The van der Waals surface area contributed by atoms with Gasteiger partial charge in [0, 0.05) is 23.4 Å². The highest BCUT2D eigenvalue weighted by molar-refractivity contribution is 7.90. The minimum absolute atomic E-state index is 0.192. The molecule has 194 valence electrons. The summed E-state index contributed by atoms with van der Waals surface area (Å²) in [5.74, 6) is 3.41. The van der Waals surface area contributed by atoms with Crippen molar-refractivity contribution in [3.63, 3.8) is 0 Å². The summed E-state index contributed by atoms with van der Waals surface area (Å²) < 4.78 is 40.5. The monoisotopic (exact) mass is 521 g/mol. The Morgan fingerprint density at radius 3 is 2.05 bits per heavy atom. The molecule has 8 nitrogen and oxygen atoms in total. The van der Waals surface area contributed by atoms with Crippen LogP contribution in [0.15, 0.2) is 59.3 Å². The van der Waals surface area contributed by atoms with Crippen LogP contribution in [0.5, 0.6) is 11.5 Å². The molecule has 1 N–H and O–H groups in total. The quantitative estimate of drug-likeness (QED) is 0.320. The molecule has 5 rings (SSSR count). The molecule has 2 aromatic carbocycles. The van der Waals surface area contributed by atoms with E-state index in [1.807, 2.05) is 48.5 Å². The van der Waals surface area contributed by atoms with Gasteiger partial charge in [-0.2, -0.15) is 0 Å². The molecule has 1 fully saturated rings. The fraction of sp³-hybridized carbons (Fsp3) is 0.357. The fourth-order valence-electron chi connectivity index (χ4n) is 5.12. The second-order valence-corrected chi connectivity index (χ2v) is 11.8. The molecular formula is C28H31N3O5S. The van der Waals surface area contributed by atoms with Gasteiger partial charge >= 0.3 is 0 Å². The van der Waals surface area contributed by atoms with Crippen LogP contribution in [0.4, 0.5) is 5.82 Å². The van der Waals surface area contributed by atoms with Gasteiger partial charge in [0.2, 0.25) is 5.71 Å². The standard InChI is InChI=1S/C28H31N3O5S/c1-34-22-12-6-19(7-13-22)24-25-27(31-21-10-4-18(5-11-21)16-37(3,32)33)29-17-30-28(25)36-26(24)20-8-14-23(35-2)15-9-20/h6-9,12-15,17-18,21H,4-5,10-11,16H2,1-3H3,(H,29,30,31). The van der Waals surface area contributed by atoms with Crippen LogP contribution in [0.1, 0.15) is 25.7 Å². The predicted molar refractivity (Wildman–Crippen MR) is 145 cm³/mol. The van der Waals surface area contributed by atoms with Crippen LogP contribution in [-0.2, 0) is 9.84 Å². The van der Waals surface area contributed by atoms with Gasteiger partial charge in [-0.1, -0.05) is 12.1 Å². The Bertz CT molecular complexity index is 1470. The van der Waals surface area contributed by atoms with Crippen molar-refractivity contribution < 1.29 is 22.3 Å². The minimum Gasteiger partial charge on any atom is -0.497 e. The third-order valence-electron chi connectivity index (χ3n) is 6.95. The van der Waals surface area contributed by atoms with Crippen LogP contribution < -0.4 is 14.8 Å². The fourth-order valence-corrected chi connectivity index (χ4v) is 6.31. The summed E-state index contributed by atoms with van der Waals surface area (Å²) >= 11 is 0. The molecule has 0 bridgehead atoms. The van der Waals surface area contributed by atoms with E-state index >= 15 is 0 Å². The number of hydrogen-bond acceptors (Lipinski definition) is 8. The Hall–Kier alpha value is -3.59. The van der Waals surface area contributed by atoms with E-state index in [2.05, 4.69) is 15.3 Å². The average molecular weight is 522 g/mol. The molecule has 4 aromatic rings. The Morgan fingerprint density at radius 2 is 1.49 bits per heavy atom. The van der Waals surface area contributed by atoms with Crippen LogP contribution in [0, 0.1) is 5.92 Å². The van der Waals surface area contributed by atoms with Crippen molar-refractivity contribution in [3.8, 4) is 33.9 Å². The van der Waals surface area contributed by atoms with Gasteiger partial charge in [0.15, 0.2) is 0 Å². The second-order valence-electron chi connectivity index (χ2n) is 9.62. The van der Waals surface area contributed by atoms with E-state index in [9.17, 15) is 8.42 Å². The number of benzene rings is 2. The van der Waals surface area contributed by atoms with E-state index in [4.69, 9.17) is 13.9 Å². The van der Waals surface area contributed by atoms with Gasteiger partial charge in [0.25, 0.3) is 0 Å². The summed E-state index contributed by atoms with van der Waals surface area (Å²) in [6.45, 7) is 0. The van der Waals surface area contributed by atoms with Crippen LogP contribution in [0.3, 0.4) is 0 Å².